The highest BCUT2D eigenvalue weighted by Gasteiger charge is 2.29. The number of likely N-dealkylation sites (tertiary alicyclic amines) is 1. The van der Waals surface area contributed by atoms with E-state index in [1.54, 1.807) is 26.8 Å². The Balaban J connectivity index is 1.61. The molecule has 0 bridgehead atoms. The summed E-state index contributed by atoms with van der Waals surface area (Å²) in [6, 6.07) is 16.0. The molecular weight excluding hydrogens is 478 g/mol. The summed E-state index contributed by atoms with van der Waals surface area (Å²) in [5.41, 5.74) is 2.36. The maximum atomic E-state index is 13.5. The molecule has 3 N–H and O–H groups in total. The summed E-state index contributed by atoms with van der Waals surface area (Å²) < 4.78 is 5.52. The van der Waals surface area contributed by atoms with Crippen LogP contribution in [-0.4, -0.2) is 52.7 Å². The van der Waals surface area contributed by atoms with E-state index in [0.717, 1.165) is 55.2 Å². The lowest BCUT2D eigenvalue weighted by Gasteiger charge is -2.28. The highest BCUT2D eigenvalue weighted by Crippen LogP contribution is 2.24. The number of hydrogen-bond donors (Lipinski definition) is 3. The van der Waals surface area contributed by atoms with Gasteiger partial charge in [-0.2, -0.15) is 5.26 Å². The molecule has 1 aliphatic heterocycles. The highest BCUT2D eigenvalue weighted by atomic mass is 16.6. The lowest BCUT2D eigenvalue weighted by atomic mass is 9.98. The van der Waals surface area contributed by atoms with Crippen molar-refractivity contribution in [2.75, 3.05) is 18.4 Å². The standard InChI is InChI=1S/C30H37N5O3/c1-30(2,3)38-29(37)34-26(18-21-20-32-24-14-8-6-12-22(21)24)27(19-31)33-25-15-9-7-13-23(25)28(36)35-16-10-4-5-11-17-35/h6-9,12-15,20,26-27,32-33H,4-5,10-11,16-18H2,1-3H3,(H,34,37)/t26-,27-/m0/s1. The highest BCUT2D eigenvalue weighted by molar-refractivity contribution is 5.99. The zero-order valence-electron chi connectivity index (χ0n) is 22.4. The minimum atomic E-state index is -0.825. The molecule has 0 spiro atoms. The van der Waals surface area contributed by atoms with E-state index in [1.165, 1.54) is 0 Å². The van der Waals surface area contributed by atoms with Gasteiger partial charge in [0.2, 0.25) is 0 Å². The van der Waals surface area contributed by atoms with Crippen molar-refractivity contribution >= 4 is 28.6 Å². The van der Waals surface area contributed by atoms with E-state index in [1.807, 2.05) is 53.6 Å². The number of nitriles is 1. The molecule has 200 valence electrons. The molecule has 8 nitrogen and oxygen atoms in total. The monoisotopic (exact) mass is 515 g/mol. The summed E-state index contributed by atoms with van der Waals surface area (Å²) in [6.07, 6.45) is 5.94. The summed E-state index contributed by atoms with van der Waals surface area (Å²) in [7, 11) is 0. The third-order valence-electron chi connectivity index (χ3n) is 6.72. The van der Waals surface area contributed by atoms with Crippen LogP contribution in [0.25, 0.3) is 10.9 Å². The van der Waals surface area contributed by atoms with Crippen LogP contribution >= 0.6 is 0 Å². The number of carbonyl (C=O) groups excluding carboxylic acids is 2. The van der Waals surface area contributed by atoms with Crippen LogP contribution in [0.4, 0.5) is 10.5 Å². The molecule has 0 radical (unpaired) electrons. The number of aromatic amines is 1. The minimum Gasteiger partial charge on any atom is -0.444 e. The number of nitrogens with zero attached hydrogens (tertiary/aromatic N) is 2. The average Bonchev–Trinajstić information content (AvgIpc) is 3.09. The molecule has 3 aromatic rings. The molecule has 2 heterocycles. The Morgan fingerprint density at radius 2 is 1.74 bits per heavy atom. The third-order valence-corrected chi connectivity index (χ3v) is 6.72. The molecule has 0 aliphatic carbocycles. The number of benzene rings is 2. The van der Waals surface area contributed by atoms with Crippen molar-refractivity contribution in [2.45, 2.75) is 70.6 Å². The van der Waals surface area contributed by atoms with Gasteiger partial charge >= 0.3 is 6.09 Å². The van der Waals surface area contributed by atoms with Crippen LogP contribution in [0.1, 0.15) is 62.4 Å². The van der Waals surface area contributed by atoms with Crippen LogP contribution in [0.15, 0.2) is 54.7 Å². The smallest absolute Gasteiger partial charge is 0.407 e. The fraction of sp³-hybridized carbons (Fsp3) is 0.433. The van der Waals surface area contributed by atoms with Gasteiger partial charge in [-0.1, -0.05) is 43.2 Å². The number of carbonyl (C=O) groups is 2. The van der Waals surface area contributed by atoms with Gasteiger partial charge in [-0.25, -0.2) is 4.79 Å². The predicted octanol–water partition coefficient (Wildman–Crippen LogP) is 5.62. The molecule has 1 fully saturated rings. The largest absolute Gasteiger partial charge is 0.444 e. The molecule has 2 aromatic carbocycles. The number of alkyl carbamates (subject to hydrolysis) is 1. The van der Waals surface area contributed by atoms with Gasteiger partial charge in [0.25, 0.3) is 5.91 Å². The second kappa shape index (κ2) is 12.0. The van der Waals surface area contributed by atoms with Gasteiger partial charge in [-0.05, 0) is 63.8 Å². The Morgan fingerprint density at radius 1 is 1.05 bits per heavy atom. The van der Waals surface area contributed by atoms with Crippen LogP contribution < -0.4 is 10.6 Å². The molecular formula is C30H37N5O3. The Hall–Kier alpha value is -3.99. The van der Waals surface area contributed by atoms with Crippen LogP contribution in [0, 0.1) is 11.3 Å². The first-order chi connectivity index (χ1) is 18.2. The predicted molar refractivity (Wildman–Crippen MR) is 149 cm³/mol. The maximum absolute atomic E-state index is 13.5. The number of anilines is 1. The van der Waals surface area contributed by atoms with Crippen molar-refractivity contribution < 1.29 is 14.3 Å². The van der Waals surface area contributed by atoms with Crippen LogP contribution in [-0.2, 0) is 11.2 Å². The quantitative estimate of drug-likeness (QED) is 0.378. The third kappa shape index (κ3) is 6.86. The van der Waals surface area contributed by atoms with Gasteiger partial charge in [0.1, 0.15) is 11.6 Å². The van der Waals surface area contributed by atoms with Crippen molar-refractivity contribution in [3.05, 3.63) is 65.9 Å². The summed E-state index contributed by atoms with van der Waals surface area (Å²) in [6.45, 7) is 6.86. The number of aromatic nitrogens is 1. The number of para-hydroxylation sites is 2. The topological polar surface area (TPSA) is 110 Å². The van der Waals surface area contributed by atoms with E-state index < -0.39 is 23.8 Å². The number of fused-ring (bicyclic) bond motifs is 1. The lowest BCUT2D eigenvalue weighted by molar-refractivity contribution is 0.0502. The summed E-state index contributed by atoms with van der Waals surface area (Å²) >= 11 is 0. The van der Waals surface area contributed by atoms with Gasteiger partial charge < -0.3 is 25.3 Å². The normalized spacial score (nSPS) is 15.7. The van der Waals surface area contributed by atoms with E-state index in [4.69, 9.17) is 4.74 Å². The Bertz CT molecular complexity index is 1290. The maximum Gasteiger partial charge on any atom is 0.407 e. The van der Waals surface area contributed by atoms with Crippen LogP contribution in [0.2, 0.25) is 0 Å². The van der Waals surface area contributed by atoms with E-state index in [2.05, 4.69) is 21.7 Å². The van der Waals surface area contributed by atoms with Crippen molar-refractivity contribution in [3.8, 4) is 6.07 Å². The first-order valence-electron chi connectivity index (χ1n) is 13.3. The first kappa shape index (κ1) is 27.1. The Labute approximate surface area is 224 Å². The second-order valence-electron chi connectivity index (χ2n) is 10.8. The number of H-pyrrole nitrogens is 1. The van der Waals surface area contributed by atoms with Crippen molar-refractivity contribution in [3.63, 3.8) is 0 Å². The van der Waals surface area contributed by atoms with Crippen molar-refractivity contribution in [2.24, 2.45) is 0 Å². The van der Waals surface area contributed by atoms with Crippen molar-refractivity contribution in [1.82, 2.24) is 15.2 Å². The number of rotatable bonds is 7. The lowest BCUT2D eigenvalue weighted by Crippen LogP contribution is -2.49. The zero-order chi connectivity index (χ0) is 27.1. The van der Waals surface area contributed by atoms with Gasteiger partial charge in [0.15, 0.2) is 0 Å². The van der Waals surface area contributed by atoms with E-state index in [9.17, 15) is 14.9 Å². The summed E-state index contributed by atoms with van der Waals surface area (Å²) in [4.78, 5) is 31.4. The molecule has 8 heteroatoms. The molecule has 2 amide bonds. The van der Waals surface area contributed by atoms with Crippen LogP contribution in [0.5, 0.6) is 0 Å². The van der Waals surface area contributed by atoms with Crippen LogP contribution in [0.3, 0.4) is 0 Å². The van der Waals surface area contributed by atoms with E-state index in [-0.39, 0.29) is 5.91 Å². The number of amides is 2. The molecule has 38 heavy (non-hydrogen) atoms. The summed E-state index contributed by atoms with van der Waals surface area (Å²) in [5, 5.41) is 17.5. The van der Waals surface area contributed by atoms with Gasteiger partial charge in [-0.15, -0.1) is 0 Å². The van der Waals surface area contributed by atoms with Crippen molar-refractivity contribution in [1.29, 1.82) is 5.26 Å². The average molecular weight is 516 g/mol. The fourth-order valence-electron chi connectivity index (χ4n) is 4.88. The molecule has 1 aliphatic rings. The van der Waals surface area contributed by atoms with Gasteiger partial charge in [0, 0.05) is 35.9 Å². The fourth-order valence-corrected chi connectivity index (χ4v) is 4.88. The van der Waals surface area contributed by atoms with Gasteiger partial charge in [-0.3, -0.25) is 4.79 Å². The Morgan fingerprint density at radius 3 is 2.45 bits per heavy atom. The molecule has 1 saturated heterocycles. The SMILES string of the molecule is CC(C)(C)OC(=O)N[C@@H](Cc1c[nH]c2ccccc12)[C@H](C#N)Nc1ccccc1C(=O)N1CCCCCC1. The summed E-state index contributed by atoms with van der Waals surface area (Å²) in [5.74, 6) is -0.0417. The van der Waals surface area contributed by atoms with E-state index >= 15 is 0 Å². The Kier molecular flexibility index (Phi) is 8.57. The molecule has 0 unspecified atom stereocenters. The molecule has 1 aromatic heterocycles. The molecule has 0 saturated carbocycles. The zero-order valence-corrected chi connectivity index (χ0v) is 22.4. The van der Waals surface area contributed by atoms with E-state index in [0.29, 0.717) is 17.7 Å². The van der Waals surface area contributed by atoms with Gasteiger partial charge in [0.05, 0.1) is 17.7 Å². The minimum absolute atomic E-state index is 0.0417. The molecule has 4 rings (SSSR count). The number of ether oxygens (including phenoxy) is 1. The first-order valence-corrected chi connectivity index (χ1v) is 13.3. The second-order valence-corrected chi connectivity index (χ2v) is 10.8. The molecule has 2 atom stereocenters. The number of nitrogens with one attached hydrogen (secondary N) is 3. The number of hydrogen-bond acceptors (Lipinski definition) is 5.